The molecule has 0 aromatic carbocycles. The number of likely N-dealkylation sites (N-methyl/N-ethyl adjacent to an activating group) is 1. The van der Waals surface area contributed by atoms with Gasteiger partial charge in [-0.3, -0.25) is 4.79 Å². The Bertz CT molecular complexity index is 275. The van der Waals surface area contributed by atoms with E-state index in [4.69, 9.17) is 10.3 Å². The molecule has 0 saturated heterocycles. The van der Waals surface area contributed by atoms with Crippen molar-refractivity contribution in [2.24, 2.45) is 5.11 Å². The second-order valence-corrected chi connectivity index (χ2v) is 3.70. The van der Waals surface area contributed by atoms with Gasteiger partial charge in [0.05, 0.1) is 13.2 Å². The predicted octanol–water partition coefficient (Wildman–Crippen LogP) is 1.16. The first-order valence-corrected chi connectivity index (χ1v) is 6.32. The number of azide groups is 1. The molecule has 0 fully saturated rings. The first-order valence-electron chi connectivity index (χ1n) is 6.32. The van der Waals surface area contributed by atoms with Crippen molar-refractivity contribution in [1.29, 1.82) is 0 Å². The lowest BCUT2D eigenvalue weighted by Gasteiger charge is -2.20. The van der Waals surface area contributed by atoms with Crippen LogP contribution in [-0.4, -0.2) is 56.2 Å². The van der Waals surface area contributed by atoms with Gasteiger partial charge in [-0.2, -0.15) is 0 Å². The minimum absolute atomic E-state index is 0.0770. The summed E-state index contributed by atoms with van der Waals surface area (Å²) in [4.78, 5) is 16.5. The lowest BCUT2D eigenvalue weighted by molar-refractivity contribution is -0.145. The number of carbonyl (C=O) groups excluding carboxylic acids is 1. The number of nitrogens with one attached hydrogen (secondary N) is 1. The van der Waals surface area contributed by atoms with E-state index < -0.39 is 6.04 Å². The van der Waals surface area contributed by atoms with E-state index in [1.165, 1.54) is 0 Å². The highest BCUT2D eigenvalue weighted by Gasteiger charge is 2.18. The summed E-state index contributed by atoms with van der Waals surface area (Å²) in [5.74, 6) is -0.371. The highest BCUT2D eigenvalue weighted by molar-refractivity contribution is 5.76. The number of carbonyl (C=O) groups is 1. The molecule has 0 radical (unpaired) electrons. The zero-order valence-corrected chi connectivity index (χ0v) is 11.4. The normalized spacial score (nSPS) is 12.0. The van der Waals surface area contributed by atoms with Crippen molar-refractivity contribution in [2.45, 2.75) is 26.8 Å². The quantitative estimate of drug-likeness (QED) is 0.275. The number of ether oxygens (including phenoxy) is 1. The van der Waals surface area contributed by atoms with Gasteiger partial charge in [0, 0.05) is 18.0 Å². The molecule has 1 atom stereocenters. The lowest BCUT2D eigenvalue weighted by atomic mass is 10.3. The Kier molecular flexibility index (Phi) is 10.0. The average Bonchev–Trinajstić information content (AvgIpc) is 2.38. The Morgan fingerprint density at radius 1 is 1.44 bits per heavy atom. The molecule has 0 aromatic heterocycles. The maximum atomic E-state index is 11.6. The minimum Gasteiger partial charge on any atom is -0.465 e. The third-order valence-electron chi connectivity index (χ3n) is 2.61. The van der Waals surface area contributed by atoms with Crippen LogP contribution in [0.2, 0.25) is 0 Å². The van der Waals surface area contributed by atoms with E-state index >= 15 is 0 Å². The summed E-state index contributed by atoms with van der Waals surface area (Å²) in [6, 6.07) is -0.559. The van der Waals surface area contributed by atoms with Crippen LogP contribution in [-0.2, 0) is 9.53 Å². The van der Waals surface area contributed by atoms with Crippen molar-refractivity contribution in [1.82, 2.24) is 10.2 Å². The van der Waals surface area contributed by atoms with Gasteiger partial charge in [-0.05, 0) is 25.5 Å². The number of hydrogen-bond acceptors (Lipinski definition) is 5. The Balaban J connectivity index is 4.15. The molecule has 7 heteroatoms. The molecule has 0 aliphatic rings. The van der Waals surface area contributed by atoms with Crippen LogP contribution in [0, 0.1) is 0 Å². The molecule has 18 heavy (non-hydrogen) atoms. The second-order valence-electron chi connectivity index (χ2n) is 3.70. The fourth-order valence-corrected chi connectivity index (χ4v) is 1.52. The molecule has 1 N–H and O–H groups in total. The maximum absolute atomic E-state index is 11.6. The zero-order valence-electron chi connectivity index (χ0n) is 11.4. The second kappa shape index (κ2) is 10.8. The smallest absolute Gasteiger partial charge is 0.323 e. The summed E-state index contributed by atoms with van der Waals surface area (Å²) >= 11 is 0. The Hall–Kier alpha value is -1.30. The van der Waals surface area contributed by atoms with Crippen molar-refractivity contribution < 1.29 is 9.53 Å². The van der Waals surface area contributed by atoms with Crippen LogP contribution in [0.1, 0.15) is 20.8 Å². The van der Waals surface area contributed by atoms with Crippen LogP contribution in [0.15, 0.2) is 5.11 Å². The van der Waals surface area contributed by atoms with Crippen molar-refractivity contribution in [2.75, 3.05) is 39.3 Å². The molecule has 0 aliphatic carbocycles. The zero-order chi connectivity index (χ0) is 13.8. The Morgan fingerprint density at radius 3 is 2.61 bits per heavy atom. The molecule has 0 spiro atoms. The van der Waals surface area contributed by atoms with Gasteiger partial charge in [-0.15, -0.1) is 0 Å². The van der Waals surface area contributed by atoms with Gasteiger partial charge in [0.25, 0.3) is 0 Å². The summed E-state index contributed by atoms with van der Waals surface area (Å²) in [6.07, 6.45) is 0. The molecular weight excluding hydrogens is 234 g/mol. The Labute approximate surface area is 108 Å². The first kappa shape index (κ1) is 16.7. The van der Waals surface area contributed by atoms with Crippen molar-refractivity contribution in [3.05, 3.63) is 10.4 Å². The molecule has 0 heterocycles. The van der Waals surface area contributed by atoms with Crippen molar-refractivity contribution >= 4 is 5.97 Å². The van der Waals surface area contributed by atoms with E-state index in [-0.39, 0.29) is 12.5 Å². The van der Waals surface area contributed by atoms with Crippen molar-refractivity contribution in [3.63, 3.8) is 0 Å². The first-order chi connectivity index (χ1) is 8.69. The van der Waals surface area contributed by atoms with E-state index in [1.807, 2.05) is 0 Å². The number of esters is 1. The standard InChI is InChI=1S/C11H23N5O2/c1-4-16(5-2)8-7-13-10(9-14-15-12)11(17)18-6-3/h10,13H,4-9H2,1-3H3. The maximum Gasteiger partial charge on any atom is 0.323 e. The number of rotatable bonds is 10. The van der Waals surface area contributed by atoms with Crippen molar-refractivity contribution in [3.8, 4) is 0 Å². The fourth-order valence-electron chi connectivity index (χ4n) is 1.52. The van der Waals surface area contributed by atoms with Gasteiger partial charge in [-0.1, -0.05) is 19.0 Å². The van der Waals surface area contributed by atoms with Gasteiger partial charge in [0.15, 0.2) is 0 Å². The third-order valence-corrected chi connectivity index (χ3v) is 2.61. The molecule has 1 unspecified atom stereocenters. The van der Waals surface area contributed by atoms with E-state index in [1.54, 1.807) is 6.92 Å². The largest absolute Gasteiger partial charge is 0.465 e. The minimum atomic E-state index is -0.559. The van der Waals surface area contributed by atoms with Gasteiger partial charge < -0.3 is 15.0 Å². The molecule has 104 valence electrons. The summed E-state index contributed by atoms with van der Waals surface area (Å²) in [6.45, 7) is 9.77. The molecule has 0 amide bonds. The monoisotopic (exact) mass is 257 g/mol. The van der Waals surface area contributed by atoms with Gasteiger partial charge >= 0.3 is 5.97 Å². The topological polar surface area (TPSA) is 90.3 Å². The highest BCUT2D eigenvalue weighted by Crippen LogP contribution is 1.93. The van der Waals surface area contributed by atoms with Crippen LogP contribution >= 0.6 is 0 Å². The lowest BCUT2D eigenvalue weighted by Crippen LogP contribution is -2.44. The Morgan fingerprint density at radius 2 is 2.11 bits per heavy atom. The van der Waals surface area contributed by atoms with Gasteiger partial charge in [0.1, 0.15) is 6.04 Å². The van der Waals surface area contributed by atoms with Crippen LogP contribution in [0.25, 0.3) is 10.4 Å². The number of hydrogen-bond donors (Lipinski definition) is 1. The predicted molar refractivity (Wildman–Crippen MR) is 70.2 cm³/mol. The highest BCUT2D eigenvalue weighted by atomic mass is 16.5. The van der Waals surface area contributed by atoms with Crippen LogP contribution in [0.5, 0.6) is 0 Å². The van der Waals surface area contributed by atoms with E-state index in [0.717, 1.165) is 19.6 Å². The van der Waals surface area contributed by atoms with Gasteiger partial charge in [0.2, 0.25) is 0 Å². The third kappa shape index (κ3) is 7.11. The van der Waals surface area contributed by atoms with Gasteiger partial charge in [-0.25, -0.2) is 0 Å². The van der Waals surface area contributed by atoms with E-state index in [2.05, 4.69) is 34.1 Å². The van der Waals surface area contributed by atoms with Crippen LogP contribution < -0.4 is 5.32 Å². The van der Waals surface area contributed by atoms with E-state index in [0.29, 0.717) is 13.2 Å². The van der Waals surface area contributed by atoms with E-state index in [9.17, 15) is 4.79 Å². The summed E-state index contributed by atoms with van der Waals surface area (Å²) in [5.41, 5.74) is 8.29. The summed E-state index contributed by atoms with van der Waals surface area (Å²) in [7, 11) is 0. The summed E-state index contributed by atoms with van der Waals surface area (Å²) < 4.78 is 4.91. The average molecular weight is 257 g/mol. The molecule has 0 bridgehead atoms. The van der Waals surface area contributed by atoms with Crippen LogP contribution in [0.4, 0.5) is 0 Å². The SMILES string of the molecule is CCOC(=O)C(CN=[N+]=[N-])NCCN(CC)CC. The number of nitrogens with zero attached hydrogens (tertiary/aromatic N) is 4. The molecule has 0 aliphatic heterocycles. The fraction of sp³-hybridized carbons (Fsp3) is 0.909. The molecule has 0 rings (SSSR count). The molecule has 0 saturated carbocycles. The molecule has 7 nitrogen and oxygen atoms in total. The molecule has 0 aromatic rings. The van der Waals surface area contributed by atoms with Crippen LogP contribution in [0.3, 0.4) is 0 Å². The molecular formula is C11H23N5O2. The summed E-state index contributed by atoms with van der Waals surface area (Å²) in [5, 5.41) is 6.47.